The van der Waals surface area contributed by atoms with Crippen LogP contribution in [0.25, 0.3) is 0 Å². The fourth-order valence-corrected chi connectivity index (χ4v) is 4.58. The van der Waals surface area contributed by atoms with Crippen molar-refractivity contribution in [2.24, 2.45) is 10.8 Å². The molecule has 1 nitrogen and oxygen atoms in total. The predicted molar refractivity (Wildman–Crippen MR) is 85.7 cm³/mol. The van der Waals surface area contributed by atoms with Crippen molar-refractivity contribution < 1.29 is 5.11 Å². The van der Waals surface area contributed by atoms with E-state index >= 15 is 0 Å². The standard InChI is InChI=1S/C19H30O/c1-6-8-15-9-7-10-16(11-15)19(20)13-17(2,3)12-18(4,5)14-19/h7,9-11,20H,6,8,12-14H2,1-5H3. The Kier molecular flexibility index (Phi) is 4.03. The minimum atomic E-state index is -0.672. The van der Waals surface area contributed by atoms with Crippen molar-refractivity contribution in [1.82, 2.24) is 0 Å². The lowest BCUT2D eigenvalue weighted by molar-refractivity contribution is -0.0913. The van der Waals surface area contributed by atoms with Gasteiger partial charge < -0.3 is 5.11 Å². The number of rotatable bonds is 3. The van der Waals surface area contributed by atoms with Gasteiger partial charge in [0.25, 0.3) is 0 Å². The van der Waals surface area contributed by atoms with Crippen molar-refractivity contribution in [1.29, 1.82) is 0 Å². The van der Waals surface area contributed by atoms with Gasteiger partial charge >= 0.3 is 0 Å². The Labute approximate surface area is 124 Å². The van der Waals surface area contributed by atoms with Crippen LogP contribution in [0.4, 0.5) is 0 Å². The SMILES string of the molecule is CCCc1cccc(C2(O)CC(C)(C)CC(C)(C)C2)c1. The van der Waals surface area contributed by atoms with Crippen molar-refractivity contribution in [3.05, 3.63) is 35.4 Å². The Bertz CT molecular complexity index is 454. The molecule has 1 aromatic rings. The molecule has 1 heteroatoms. The lowest BCUT2D eigenvalue weighted by atomic mass is 9.58. The van der Waals surface area contributed by atoms with Crippen LogP contribution in [0.1, 0.15) is 71.4 Å². The van der Waals surface area contributed by atoms with Crippen molar-refractivity contribution in [2.75, 3.05) is 0 Å². The highest BCUT2D eigenvalue weighted by Crippen LogP contribution is 2.53. The third kappa shape index (κ3) is 3.44. The van der Waals surface area contributed by atoms with E-state index in [4.69, 9.17) is 0 Å². The first-order chi connectivity index (χ1) is 9.16. The van der Waals surface area contributed by atoms with E-state index in [-0.39, 0.29) is 10.8 Å². The summed E-state index contributed by atoms with van der Waals surface area (Å²) in [5.74, 6) is 0. The highest BCUT2D eigenvalue weighted by atomic mass is 16.3. The Balaban J connectivity index is 2.36. The summed E-state index contributed by atoms with van der Waals surface area (Å²) in [7, 11) is 0. The lowest BCUT2D eigenvalue weighted by Crippen LogP contribution is -2.44. The van der Waals surface area contributed by atoms with E-state index in [0.29, 0.717) is 0 Å². The van der Waals surface area contributed by atoms with Gasteiger partial charge in [-0.25, -0.2) is 0 Å². The van der Waals surface area contributed by atoms with Gasteiger partial charge in [0.1, 0.15) is 0 Å². The molecule has 0 aromatic heterocycles. The zero-order valence-corrected chi connectivity index (χ0v) is 13.8. The van der Waals surface area contributed by atoms with E-state index in [1.807, 2.05) is 0 Å². The van der Waals surface area contributed by atoms with Crippen LogP contribution in [0.15, 0.2) is 24.3 Å². The first-order valence-corrected chi connectivity index (χ1v) is 7.98. The summed E-state index contributed by atoms with van der Waals surface area (Å²) >= 11 is 0. The molecule has 0 unspecified atom stereocenters. The van der Waals surface area contributed by atoms with Gasteiger partial charge in [-0.05, 0) is 47.6 Å². The van der Waals surface area contributed by atoms with E-state index in [1.54, 1.807) is 0 Å². The van der Waals surface area contributed by atoms with Gasteiger partial charge in [-0.3, -0.25) is 0 Å². The van der Waals surface area contributed by atoms with Crippen molar-refractivity contribution in [2.45, 2.75) is 72.3 Å². The Morgan fingerprint density at radius 3 is 2.15 bits per heavy atom. The summed E-state index contributed by atoms with van der Waals surface area (Å²) in [6, 6.07) is 8.61. The Morgan fingerprint density at radius 2 is 1.60 bits per heavy atom. The minimum absolute atomic E-state index is 0.192. The van der Waals surface area contributed by atoms with Gasteiger partial charge in [-0.1, -0.05) is 65.3 Å². The van der Waals surface area contributed by atoms with E-state index in [9.17, 15) is 5.11 Å². The maximum atomic E-state index is 11.3. The molecule has 0 amide bonds. The normalized spacial score (nSPS) is 23.5. The molecule has 0 heterocycles. The molecule has 1 saturated carbocycles. The molecule has 0 spiro atoms. The van der Waals surface area contributed by atoms with Gasteiger partial charge in [0.15, 0.2) is 0 Å². The maximum Gasteiger partial charge on any atom is 0.0906 e. The average Bonchev–Trinajstić information content (AvgIpc) is 2.25. The molecular formula is C19H30O. The molecule has 1 N–H and O–H groups in total. The third-order valence-corrected chi connectivity index (χ3v) is 4.50. The number of benzene rings is 1. The smallest absolute Gasteiger partial charge is 0.0906 e. The lowest BCUT2D eigenvalue weighted by Gasteiger charge is -2.50. The number of hydrogen-bond acceptors (Lipinski definition) is 1. The molecule has 1 aliphatic rings. The molecule has 0 aliphatic heterocycles. The van der Waals surface area contributed by atoms with Crippen molar-refractivity contribution in [3.63, 3.8) is 0 Å². The molecule has 1 aliphatic carbocycles. The van der Waals surface area contributed by atoms with Crippen LogP contribution in [0.3, 0.4) is 0 Å². The van der Waals surface area contributed by atoms with Gasteiger partial charge in [0, 0.05) is 0 Å². The molecule has 0 saturated heterocycles. The van der Waals surface area contributed by atoms with Crippen LogP contribution in [0, 0.1) is 10.8 Å². The van der Waals surface area contributed by atoms with Crippen molar-refractivity contribution in [3.8, 4) is 0 Å². The first-order valence-electron chi connectivity index (χ1n) is 7.98. The highest BCUT2D eigenvalue weighted by molar-refractivity contribution is 5.30. The van der Waals surface area contributed by atoms with E-state index in [0.717, 1.165) is 31.2 Å². The van der Waals surface area contributed by atoms with Crippen LogP contribution < -0.4 is 0 Å². The van der Waals surface area contributed by atoms with Crippen LogP contribution in [0.2, 0.25) is 0 Å². The Hall–Kier alpha value is -0.820. The van der Waals surface area contributed by atoms with Crippen LogP contribution in [-0.2, 0) is 12.0 Å². The summed E-state index contributed by atoms with van der Waals surface area (Å²) in [5.41, 5.74) is 2.17. The summed E-state index contributed by atoms with van der Waals surface area (Å²) in [4.78, 5) is 0. The zero-order chi connectivity index (χ0) is 15.0. The molecule has 0 radical (unpaired) electrons. The van der Waals surface area contributed by atoms with Crippen LogP contribution in [-0.4, -0.2) is 5.11 Å². The molecule has 1 fully saturated rings. The minimum Gasteiger partial charge on any atom is -0.385 e. The largest absolute Gasteiger partial charge is 0.385 e. The van der Waals surface area contributed by atoms with E-state index < -0.39 is 5.60 Å². The summed E-state index contributed by atoms with van der Waals surface area (Å²) in [6.45, 7) is 11.3. The topological polar surface area (TPSA) is 20.2 Å². The quantitative estimate of drug-likeness (QED) is 0.816. The van der Waals surface area contributed by atoms with Gasteiger partial charge in [0.05, 0.1) is 5.60 Å². The van der Waals surface area contributed by atoms with Crippen molar-refractivity contribution >= 4 is 0 Å². The van der Waals surface area contributed by atoms with Gasteiger partial charge in [0.2, 0.25) is 0 Å². The average molecular weight is 274 g/mol. The summed E-state index contributed by atoms with van der Waals surface area (Å²) in [6.07, 6.45) is 5.14. The zero-order valence-electron chi connectivity index (χ0n) is 13.8. The van der Waals surface area contributed by atoms with E-state index in [1.165, 1.54) is 12.0 Å². The molecule has 0 bridgehead atoms. The molecule has 2 rings (SSSR count). The molecule has 20 heavy (non-hydrogen) atoms. The van der Waals surface area contributed by atoms with Gasteiger partial charge in [-0.2, -0.15) is 0 Å². The summed E-state index contributed by atoms with van der Waals surface area (Å²) in [5, 5.41) is 11.3. The van der Waals surface area contributed by atoms with Gasteiger partial charge in [-0.15, -0.1) is 0 Å². The predicted octanol–water partition coefficient (Wildman–Crippen LogP) is 5.06. The second kappa shape index (κ2) is 5.18. The Morgan fingerprint density at radius 1 is 1.00 bits per heavy atom. The molecular weight excluding hydrogens is 244 g/mol. The summed E-state index contributed by atoms with van der Waals surface area (Å²) < 4.78 is 0. The fourth-order valence-electron chi connectivity index (χ4n) is 4.58. The molecule has 1 aromatic carbocycles. The second-order valence-electron chi connectivity index (χ2n) is 8.34. The van der Waals surface area contributed by atoms with Crippen LogP contribution in [0.5, 0.6) is 0 Å². The monoisotopic (exact) mass is 274 g/mol. The highest BCUT2D eigenvalue weighted by Gasteiger charge is 2.47. The van der Waals surface area contributed by atoms with Crippen LogP contribution >= 0.6 is 0 Å². The third-order valence-electron chi connectivity index (χ3n) is 4.50. The number of aryl methyl sites for hydroxylation is 1. The fraction of sp³-hybridized carbons (Fsp3) is 0.684. The van der Waals surface area contributed by atoms with E-state index in [2.05, 4.69) is 58.9 Å². The number of aliphatic hydroxyl groups is 1. The number of hydrogen-bond donors (Lipinski definition) is 1. The molecule has 112 valence electrons. The second-order valence-corrected chi connectivity index (χ2v) is 8.34. The first kappa shape index (κ1) is 15.6. The maximum absolute atomic E-state index is 11.3. The molecule has 0 atom stereocenters.